The zero-order valence-electron chi connectivity index (χ0n) is 11.6. The zero-order chi connectivity index (χ0) is 15.0. The summed E-state index contributed by atoms with van der Waals surface area (Å²) in [5, 5.41) is 20.4. The van der Waals surface area contributed by atoms with Gasteiger partial charge in [0.1, 0.15) is 22.6 Å². The number of phenols is 2. The molecule has 0 saturated heterocycles. The second kappa shape index (κ2) is 5.00. The Hall–Kier alpha value is -2.30. The number of aromatic hydroxyl groups is 2. The van der Waals surface area contributed by atoms with Crippen LogP contribution in [0.5, 0.6) is 11.5 Å². The van der Waals surface area contributed by atoms with E-state index in [1.165, 1.54) is 12.1 Å². The van der Waals surface area contributed by atoms with Crippen molar-refractivity contribution < 1.29 is 19.4 Å². The predicted octanol–water partition coefficient (Wildman–Crippen LogP) is 2.74. The lowest BCUT2D eigenvalue weighted by atomic mass is 9.97. The van der Waals surface area contributed by atoms with Gasteiger partial charge in [-0.2, -0.15) is 0 Å². The van der Waals surface area contributed by atoms with E-state index < -0.39 is 5.63 Å². The van der Waals surface area contributed by atoms with Gasteiger partial charge in [-0.1, -0.05) is 13.8 Å². The molecule has 5 heteroatoms. The minimum atomic E-state index is -0.574. The first-order valence-corrected chi connectivity index (χ1v) is 6.33. The number of Topliss-reactive ketones (excluding diaryl/α,β-unsaturated/α-hetero) is 1. The van der Waals surface area contributed by atoms with Crippen molar-refractivity contribution in [1.29, 1.82) is 0 Å². The Morgan fingerprint density at radius 2 is 1.95 bits per heavy atom. The molecule has 1 heterocycles. The fraction of sp³-hybridized carbons (Fsp3) is 0.333. The molecule has 2 N–H and O–H groups in total. The van der Waals surface area contributed by atoms with Gasteiger partial charge >= 0.3 is 5.63 Å². The highest BCUT2D eigenvalue weighted by Crippen LogP contribution is 2.37. The molecular formula is C15H16O5. The second-order valence-corrected chi connectivity index (χ2v) is 5.26. The summed E-state index contributed by atoms with van der Waals surface area (Å²) in [5.41, 5.74) is -0.142. The molecule has 1 aromatic carbocycles. The SMILES string of the molecule is Cc1cc(=O)oc2cc(O)c(C(=O)CC(C)C)c(O)c12. The van der Waals surface area contributed by atoms with Crippen molar-refractivity contribution in [3.63, 3.8) is 0 Å². The molecule has 106 valence electrons. The minimum Gasteiger partial charge on any atom is -0.507 e. The standard InChI is InChI=1S/C15H16O5/c1-7(2)4-9(16)14-10(17)6-11-13(15(14)19)8(3)5-12(18)20-11/h5-7,17,19H,4H2,1-3H3. The molecule has 2 rings (SSSR count). The number of aryl methyl sites for hydroxylation is 1. The third-order valence-corrected chi connectivity index (χ3v) is 3.06. The van der Waals surface area contributed by atoms with E-state index in [-0.39, 0.29) is 46.2 Å². The lowest BCUT2D eigenvalue weighted by Crippen LogP contribution is -2.06. The number of hydrogen-bond acceptors (Lipinski definition) is 5. The quantitative estimate of drug-likeness (QED) is 0.664. The van der Waals surface area contributed by atoms with Gasteiger partial charge in [0.25, 0.3) is 0 Å². The summed E-state index contributed by atoms with van der Waals surface area (Å²) < 4.78 is 4.93. The Morgan fingerprint density at radius 3 is 2.55 bits per heavy atom. The van der Waals surface area contributed by atoms with Crippen LogP contribution in [-0.2, 0) is 0 Å². The van der Waals surface area contributed by atoms with E-state index in [0.717, 1.165) is 0 Å². The van der Waals surface area contributed by atoms with Gasteiger partial charge in [0.05, 0.1) is 5.39 Å². The maximum atomic E-state index is 12.1. The normalized spacial score (nSPS) is 11.2. The number of carbonyl (C=O) groups is 1. The van der Waals surface area contributed by atoms with Gasteiger partial charge in [-0.05, 0) is 18.4 Å². The summed E-state index contributed by atoms with van der Waals surface area (Å²) in [6.07, 6.45) is 0.211. The van der Waals surface area contributed by atoms with Crippen LogP contribution < -0.4 is 5.63 Å². The zero-order valence-corrected chi connectivity index (χ0v) is 11.6. The monoisotopic (exact) mass is 276 g/mol. The number of fused-ring (bicyclic) bond motifs is 1. The summed E-state index contributed by atoms with van der Waals surface area (Å²) in [7, 11) is 0. The first-order valence-electron chi connectivity index (χ1n) is 6.33. The highest BCUT2D eigenvalue weighted by molar-refractivity contribution is 6.07. The second-order valence-electron chi connectivity index (χ2n) is 5.26. The molecule has 0 aliphatic carbocycles. The number of phenolic OH excluding ortho intramolecular Hbond substituents is 2. The summed E-state index contributed by atoms with van der Waals surface area (Å²) in [5.74, 6) is -0.962. The van der Waals surface area contributed by atoms with Crippen LogP contribution >= 0.6 is 0 Å². The van der Waals surface area contributed by atoms with E-state index in [0.29, 0.717) is 5.56 Å². The Morgan fingerprint density at radius 1 is 1.30 bits per heavy atom. The van der Waals surface area contributed by atoms with Crippen molar-refractivity contribution in [2.24, 2.45) is 5.92 Å². The molecule has 0 saturated carbocycles. The van der Waals surface area contributed by atoms with E-state index in [1.54, 1.807) is 6.92 Å². The Labute approximate surface area is 115 Å². The van der Waals surface area contributed by atoms with Gasteiger partial charge < -0.3 is 14.6 Å². The molecule has 0 unspecified atom stereocenters. The molecule has 0 bridgehead atoms. The molecule has 0 radical (unpaired) electrons. The number of rotatable bonds is 3. The Kier molecular flexibility index (Phi) is 3.53. The fourth-order valence-corrected chi connectivity index (χ4v) is 2.23. The van der Waals surface area contributed by atoms with Crippen LogP contribution in [0.1, 0.15) is 36.2 Å². The molecule has 20 heavy (non-hydrogen) atoms. The molecule has 2 aromatic rings. The Balaban J connectivity index is 2.75. The summed E-state index contributed by atoms with van der Waals surface area (Å²) in [4.78, 5) is 23.4. The van der Waals surface area contributed by atoms with E-state index in [1.807, 2.05) is 13.8 Å². The average molecular weight is 276 g/mol. The van der Waals surface area contributed by atoms with E-state index in [2.05, 4.69) is 0 Å². The van der Waals surface area contributed by atoms with Crippen LogP contribution in [0.3, 0.4) is 0 Å². The maximum absolute atomic E-state index is 12.1. The molecule has 0 spiro atoms. The van der Waals surface area contributed by atoms with E-state index >= 15 is 0 Å². The van der Waals surface area contributed by atoms with Crippen molar-refractivity contribution in [2.75, 3.05) is 0 Å². The number of carbonyl (C=O) groups excluding carboxylic acids is 1. The summed E-state index contributed by atoms with van der Waals surface area (Å²) in [6.45, 7) is 5.38. The van der Waals surface area contributed by atoms with Crippen molar-refractivity contribution >= 4 is 16.8 Å². The van der Waals surface area contributed by atoms with Crippen LogP contribution in [0, 0.1) is 12.8 Å². The lowest BCUT2D eigenvalue weighted by molar-refractivity contribution is 0.0963. The van der Waals surface area contributed by atoms with Crippen LogP contribution in [-0.4, -0.2) is 16.0 Å². The largest absolute Gasteiger partial charge is 0.507 e. The highest BCUT2D eigenvalue weighted by atomic mass is 16.4. The first kappa shape index (κ1) is 14.1. The molecule has 0 fully saturated rings. The number of hydrogen-bond donors (Lipinski definition) is 2. The van der Waals surface area contributed by atoms with Crippen LogP contribution in [0.4, 0.5) is 0 Å². The molecule has 0 amide bonds. The van der Waals surface area contributed by atoms with E-state index in [9.17, 15) is 19.8 Å². The minimum absolute atomic E-state index is 0.0612. The van der Waals surface area contributed by atoms with Crippen LogP contribution in [0.2, 0.25) is 0 Å². The molecule has 1 aromatic heterocycles. The smallest absolute Gasteiger partial charge is 0.336 e. The fourth-order valence-electron chi connectivity index (χ4n) is 2.23. The molecule has 0 aliphatic rings. The van der Waals surface area contributed by atoms with Crippen LogP contribution in [0.15, 0.2) is 21.3 Å². The van der Waals surface area contributed by atoms with E-state index in [4.69, 9.17) is 4.42 Å². The van der Waals surface area contributed by atoms with Gasteiger partial charge in [-0.3, -0.25) is 4.79 Å². The third-order valence-electron chi connectivity index (χ3n) is 3.06. The topological polar surface area (TPSA) is 87.7 Å². The molecule has 0 atom stereocenters. The predicted molar refractivity (Wildman–Crippen MR) is 74.3 cm³/mol. The van der Waals surface area contributed by atoms with Gasteiger partial charge in [-0.15, -0.1) is 0 Å². The molecule has 0 aliphatic heterocycles. The number of benzene rings is 1. The van der Waals surface area contributed by atoms with Crippen molar-refractivity contribution in [1.82, 2.24) is 0 Å². The third kappa shape index (κ3) is 2.39. The molecule has 5 nitrogen and oxygen atoms in total. The van der Waals surface area contributed by atoms with Crippen molar-refractivity contribution in [3.05, 3.63) is 33.7 Å². The van der Waals surface area contributed by atoms with Gasteiger partial charge in [0, 0.05) is 18.6 Å². The highest BCUT2D eigenvalue weighted by Gasteiger charge is 2.22. The van der Waals surface area contributed by atoms with Gasteiger partial charge in [-0.25, -0.2) is 4.79 Å². The lowest BCUT2D eigenvalue weighted by Gasteiger charge is -2.11. The molecular weight excluding hydrogens is 260 g/mol. The Bertz CT molecular complexity index is 740. The summed E-state index contributed by atoms with van der Waals surface area (Å²) >= 11 is 0. The van der Waals surface area contributed by atoms with Crippen molar-refractivity contribution in [2.45, 2.75) is 27.2 Å². The summed E-state index contributed by atoms with van der Waals surface area (Å²) in [6, 6.07) is 2.42. The maximum Gasteiger partial charge on any atom is 0.336 e. The number of ketones is 1. The van der Waals surface area contributed by atoms with Crippen LogP contribution in [0.25, 0.3) is 11.0 Å². The van der Waals surface area contributed by atoms with Crippen molar-refractivity contribution in [3.8, 4) is 11.5 Å². The average Bonchev–Trinajstić information content (AvgIpc) is 2.25. The van der Waals surface area contributed by atoms with Gasteiger partial charge in [0.15, 0.2) is 5.78 Å². The van der Waals surface area contributed by atoms with Gasteiger partial charge in [0.2, 0.25) is 0 Å². The first-order chi connectivity index (χ1) is 9.31.